The van der Waals surface area contributed by atoms with Gasteiger partial charge in [-0.15, -0.1) is 0 Å². The Morgan fingerprint density at radius 2 is 1.23 bits per heavy atom. The number of carboxylic acid groups (broad SMARTS) is 1. The molecule has 0 aromatic rings. The van der Waals surface area contributed by atoms with E-state index in [4.69, 9.17) is 24.7 Å². The Morgan fingerprint density at radius 3 is 1.82 bits per heavy atom. The molecule has 2 bridgehead atoms. The van der Waals surface area contributed by atoms with Crippen molar-refractivity contribution in [2.45, 2.75) is 177 Å². The van der Waals surface area contributed by atoms with E-state index in [1.54, 1.807) is 80.7 Å². The zero-order valence-electron chi connectivity index (χ0n) is 37.6. The standard InChI is InChI=1S/C47H73NO17/c1-27-17-15-13-11-9-7-5-6-8-10-12-14-16-18-34(64-46-44(58)41(48)43(57)30(4)63-46)24-38-40(45(59)60)37(54)26-47(61,65-38)25-33(51)22-36(53)35(52)20-19-31(49)21-32(50)23-39(55)62-29(3)28(2)42(27)56/h5-18,27-38,40-44,46,49-54,56-58,61H,19-26,48H2,1-4H3,(H,59,60)/b6-5+,9-7+,10-8+,13-11+,14-12+,17-15+,18-16+/t27-,28-,29-,30+,31?,32+,33?,34-,35?,36+,37-,38-,40+,41-,42+,43+,44+,46?,47+/m0/s1. The minimum atomic E-state index is -2.33. The molecule has 18 heteroatoms. The summed E-state index contributed by atoms with van der Waals surface area (Å²) in [4.78, 5) is 25.1. The Kier molecular flexibility index (Phi) is 23.6. The highest BCUT2D eigenvalue weighted by Crippen LogP contribution is 2.38. The summed E-state index contributed by atoms with van der Waals surface area (Å²) in [7, 11) is 0. The van der Waals surface area contributed by atoms with Crippen LogP contribution in [0.15, 0.2) is 85.1 Å². The summed E-state index contributed by atoms with van der Waals surface area (Å²) < 4.78 is 23.1. The molecule has 18 nitrogen and oxygen atoms in total. The normalized spacial score (nSPS) is 45.5. The van der Waals surface area contributed by atoms with Gasteiger partial charge in [0.2, 0.25) is 0 Å². The number of rotatable bonds is 3. The van der Waals surface area contributed by atoms with Crippen molar-refractivity contribution in [2.75, 3.05) is 0 Å². The number of fused-ring (bicyclic) bond motifs is 2. The molecule has 0 amide bonds. The first-order valence-electron chi connectivity index (χ1n) is 22.3. The molecule has 0 aromatic heterocycles. The Balaban J connectivity index is 1.86. The van der Waals surface area contributed by atoms with Crippen LogP contribution in [-0.4, -0.2) is 166 Å². The number of carbonyl (C=O) groups is 2. The maximum atomic E-state index is 12.6. The van der Waals surface area contributed by atoms with Gasteiger partial charge in [-0.2, -0.15) is 0 Å². The molecule has 2 saturated heterocycles. The molecule has 3 aliphatic heterocycles. The molecule has 3 heterocycles. The van der Waals surface area contributed by atoms with Crippen molar-refractivity contribution in [2.24, 2.45) is 23.5 Å². The van der Waals surface area contributed by atoms with Gasteiger partial charge in [-0.1, -0.05) is 98.9 Å². The van der Waals surface area contributed by atoms with Crippen LogP contribution in [0.25, 0.3) is 0 Å². The molecule has 3 aliphatic rings. The molecular weight excluding hydrogens is 851 g/mol. The summed E-state index contributed by atoms with van der Waals surface area (Å²) in [5.41, 5.74) is 6.02. The van der Waals surface area contributed by atoms with Gasteiger partial charge in [0.1, 0.15) is 18.1 Å². The van der Waals surface area contributed by atoms with Crippen molar-refractivity contribution in [1.82, 2.24) is 0 Å². The molecular formula is C47H73NO17. The molecule has 19 atom stereocenters. The SMILES string of the molecule is C[C@@H]1[C@H](O)[C@@H](C)/C=C/C=C/C=C/C=C/C=C/C=C/C=C/[C@H](OC2O[C@H](C)[C@@H](O)[C@H](N)[C@H]2O)C[C@@H]2O[C@](O)(CC(O)C[C@@H](O)C(O)CCC(O)C[C@@H](O)CC(=O)O[C@H]1C)C[C@H](O)[C@H]2C(=O)O. The zero-order valence-corrected chi connectivity index (χ0v) is 37.6. The smallest absolute Gasteiger partial charge is 0.311 e. The van der Waals surface area contributed by atoms with Gasteiger partial charge in [0.05, 0.1) is 79.6 Å². The van der Waals surface area contributed by atoms with Crippen molar-refractivity contribution in [1.29, 1.82) is 0 Å². The average Bonchev–Trinajstić information content (AvgIpc) is 3.21. The van der Waals surface area contributed by atoms with Crippen molar-refractivity contribution in [3.05, 3.63) is 85.1 Å². The van der Waals surface area contributed by atoms with Crippen LogP contribution >= 0.6 is 0 Å². The van der Waals surface area contributed by atoms with Crippen LogP contribution in [0, 0.1) is 17.8 Å². The third-order valence-corrected chi connectivity index (χ3v) is 12.0. The Morgan fingerprint density at radius 1 is 0.662 bits per heavy atom. The topological polar surface area (TPSA) is 320 Å². The number of cyclic esters (lactones) is 1. The van der Waals surface area contributed by atoms with E-state index in [1.165, 1.54) is 13.0 Å². The van der Waals surface area contributed by atoms with Crippen molar-refractivity contribution in [3.63, 3.8) is 0 Å². The van der Waals surface area contributed by atoms with Gasteiger partial charge in [-0.3, -0.25) is 9.59 Å². The van der Waals surface area contributed by atoms with E-state index in [0.717, 1.165) is 0 Å². The average molecular weight is 924 g/mol. The van der Waals surface area contributed by atoms with E-state index in [-0.39, 0.29) is 31.6 Å². The number of aliphatic hydroxyl groups excluding tert-OH is 9. The van der Waals surface area contributed by atoms with Crippen molar-refractivity contribution >= 4 is 11.9 Å². The number of carbonyl (C=O) groups excluding carboxylic acids is 1. The minimum Gasteiger partial charge on any atom is -0.481 e. The van der Waals surface area contributed by atoms with E-state index < -0.39 is 147 Å². The fourth-order valence-corrected chi connectivity index (χ4v) is 7.97. The highest BCUT2D eigenvalue weighted by atomic mass is 16.7. The minimum absolute atomic E-state index is 0.107. The van der Waals surface area contributed by atoms with Crippen molar-refractivity contribution < 1.29 is 84.7 Å². The summed E-state index contributed by atoms with van der Waals surface area (Å²) in [5.74, 6) is -6.83. The molecule has 65 heavy (non-hydrogen) atoms. The van der Waals surface area contributed by atoms with Crippen LogP contribution in [0.3, 0.4) is 0 Å². The predicted octanol–water partition coefficient (Wildman–Crippen LogP) is 0.712. The molecule has 0 saturated carbocycles. The molecule has 4 unspecified atom stereocenters. The van der Waals surface area contributed by atoms with Gasteiger partial charge in [-0.05, 0) is 33.1 Å². The number of carboxylic acids is 1. The van der Waals surface area contributed by atoms with E-state index in [0.29, 0.717) is 0 Å². The van der Waals surface area contributed by atoms with E-state index in [1.807, 2.05) is 19.1 Å². The quantitative estimate of drug-likeness (QED) is 0.174. The Bertz CT molecular complexity index is 1670. The lowest BCUT2D eigenvalue weighted by Gasteiger charge is -2.45. The molecule has 368 valence electrons. The maximum Gasteiger partial charge on any atom is 0.311 e. The van der Waals surface area contributed by atoms with E-state index in [2.05, 4.69) is 0 Å². The summed E-state index contributed by atoms with van der Waals surface area (Å²) in [6.45, 7) is 6.74. The first kappa shape index (κ1) is 55.9. The zero-order chi connectivity index (χ0) is 48.4. The lowest BCUT2D eigenvalue weighted by atomic mass is 9.82. The highest BCUT2D eigenvalue weighted by molar-refractivity contribution is 5.71. The number of hydrogen-bond acceptors (Lipinski definition) is 17. The lowest BCUT2D eigenvalue weighted by Crippen LogP contribution is -2.61. The van der Waals surface area contributed by atoms with Gasteiger partial charge in [-0.25, -0.2) is 0 Å². The van der Waals surface area contributed by atoms with Crippen LogP contribution in [-0.2, 0) is 28.5 Å². The number of hydrogen-bond donors (Lipinski definition) is 12. The second kappa shape index (κ2) is 27.4. The monoisotopic (exact) mass is 923 g/mol. The molecule has 2 fully saturated rings. The third kappa shape index (κ3) is 18.6. The van der Waals surface area contributed by atoms with Gasteiger partial charge < -0.3 is 80.9 Å². The molecule has 0 aliphatic carbocycles. The highest BCUT2D eigenvalue weighted by Gasteiger charge is 2.51. The third-order valence-electron chi connectivity index (χ3n) is 12.0. The summed E-state index contributed by atoms with van der Waals surface area (Å²) >= 11 is 0. The second-order valence-corrected chi connectivity index (χ2v) is 17.6. The van der Waals surface area contributed by atoms with Gasteiger partial charge in [0.15, 0.2) is 12.1 Å². The van der Waals surface area contributed by atoms with Crippen LogP contribution in [0.2, 0.25) is 0 Å². The maximum absolute atomic E-state index is 12.6. The van der Waals surface area contributed by atoms with Crippen molar-refractivity contribution in [3.8, 4) is 0 Å². The largest absolute Gasteiger partial charge is 0.481 e. The van der Waals surface area contributed by atoms with Crippen LogP contribution in [0.4, 0.5) is 0 Å². The summed E-state index contributed by atoms with van der Waals surface area (Å²) in [6, 6.07) is -1.15. The van der Waals surface area contributed by atoms with Crippen LogP contribution in [0.1, 0.15) is 79.1 Å². The molecule has 3 rings (SSSR count). The summed E-state index contributed by atoms with van der Waals surface area (Å²) in [5, 5.41) is 118. The first-order chi connectivity index (χ1) is 30.6. The van der Waals surface area contributed by atoms with Gasteiger partial charge in [0, 0.05) is 37.5 Å². The molecule has 0 aromatic carbocycles. The van der Waals surface area contributed by atoms with Gasteiger partial charge in [0.25, 0.3) is 0 Å². The number of ether oxygens (including phenoxy) is 4. The number of allylic oxidation sites excluding steroid dienone is 12. The first-order valence-corrected chi connectivity index (χ1v) is 22.3. The number of aliphatic carboxylic acids is 1. The summed E-state index contributed by atoms with van der Waals surface area (Å²) in [6.07, 6.45) is 3.46. The Hall–Kier alpha value is -3.44. The number of nitrogens with two attached hydrogens (primary N) is 1. The number of esters is 1. The Labute approximate surface area is 381 Å². The van der Waals surface area contributed by atoms with Crippen LogP contribution < -0.4 is 5.73 Å². The van der Waals surface area contributed by atoms with E-state index >= 15 is 0 Å². The predicted molar refractivity (Wildman–Crippen MR) is 237 cm³/mol. The number of aliphatic hydroxyl groups is 10. The fraction of sp³-hybridized carbons (Fsp3) is 0.660. The molecule has 0 radical (unpaired) electrons. The molecule has 13 N–H and O–H groups in total. The fourth-order valence-electron chi connectivity index (χ4n) is 7.97. The second-order valence-electron chi connectivity index (χ2n) is 17.6. The van der Waals surface area contributed by atoms with Crippen LogP contribution in [0.5, 0.6) is 0 Å². The lowest BCUT2D eigenvalue weighted by molar-refractivity contribution is -0.308. The van der Waals surface area contributed by atoms with E-state index in [9.17, 15) is 65.8 Å². The molecule has 0 spiro atoms. The van der Waals surface area contributed by atoms with Gasteiger partial charge >= 0.3 is 11.9 Å².